The van der Waals surface area contributed by atoms with Gasteiger partial charge >= 0.3 is 0 Å². The molecule has 0 amide bonds. The van der Waals surface area contributed by atoms with Crippen LogP contribution in [-0.4, -0.2) is 31.1 Å². The zero-order valence-electron chi connectivity index (χ0n) is 29.9. The molecular weight excluding hydrogens is 669 g/mol. The van der Waals surface area contributed by atoms with Crippen LogP contribution in [0, 0.1) is 0 Å². The van der Waals surface area contributed by atoms with Crippen LogP contribution >= 0.6 is 0 Å². The van der Waals surface area contributed by atoms with E-state index in [-0.39, 0.29) is 6.10 Å². The van der Waals surface area contributed by atoms with Crippen molar-refractivity contribution in [2.24, 2.45) is 0 Å². The normalized spacial score (nSPS) is 15.4. The summed E-state index contributed by atoms with van der Waals surface area (Å²) in [4.78, 5) is 18.2. The topological polar surface area (TPSA) is 96.1 Å². The number of benzene rings is 4. The minimum Gasteiger partial charge on any atom is -0.363 e. The summed E-state index contributed by atoms with van der Waals surface area (Å²) in [6.45, 7) is 3.90. The number of nitrogens with one attached hydrogen (secondary N) is 2. The number of aromatic amines is 2. The van der Waals surface area contributed by atoms with E-state index in [0.717, 1.165) is 72.4 Å². The summed E-state index contributed by atoms with van der Waals surface area (Å²) in [5, 5.41) is 11.9. The molecule has 264 valence electrons. The molecule has 7 heteroatoms. The van der Waals surface area contributed by atoms with Crippen molar-refractivity contribution in [1.82, 2.24) is 19.9 Å². The fourth-order valence-corrected chi connectivity index (χ4v) is 7.38. The Kier molecular flexibility index (Phi) is 8.81. The predicted octanol–water partition coefficient (Wildman–Crippen LogP) is 11.3. The van der Waals surface area contributed by atoms with Crippen molar-refractivity contribution in [3.63, 3.8) is 0 Å². The van der Waals surface area contributed by atoms with E-state index in [4.69, 9.17) is 19.4 Å². The Bertz CT molecular complexity index is 2650. The molecule has 0 saturated heterocycles. The highest BCUT2D eigenvalue weighted by molar-refractivity contribution is 5.97. The van der Waals surface area contributed by atoms with E-state index in [9.17, 15) is 5.11 Å². The number of H-pyrrole nitrogens is 2. The minimum atomic E-state index is -1.38. The lowest BCUT2D eigenvalue weighted by Gasteiger charge is -2.29. The zero-order valence-corrected chi connectivity index (χ0v) is 29.9. The van der Waals surface area contributed by atoms with Gasteiger partial charge in [0.1, 0.15) is 11.4 Å². The highest BCUT2D eigenvalue weighted by atomic mass is 16.7. The van der Waals surface area contributed by atoms with Crippen molar-refractivity contribution in [3.05, 3.63) is 168 Å². The Morgan fingerprint density at radius 3 is 1.28 bits per heavy atom. The average molecular weight is 707 g/mol. The van der Waals surface area contributed by atoms with Gasteiger partial charge in [-0.3, -0.25) is 0 Å². The largest absolute Gasteiger partial charge is 0.363 e. The lowest BCUT2D eigenvalue weighted by Crippen LogP contribution is -2.24. The standard InChI is InChI=1S/C47H38N4O3/c1-29(2)53-47-45-43(33-21-13-6-14-22-33)39-28-26-37(50-39)41(31-17-9-4-10-18-31)35-24-23-34(48-35)40(30-15-7-3-8-16-30)36-25-27-38(49-36)42(32-19-11-5-12-20-32)44(51-45)46(52)54-47/h3-29,46-47,49-50,52H,1-2H3/t46-,47-/m0/s1. The van der Waals surface area contributed by atoms with Crippen molar-refractivity contribution >= 4 is 34.2 Å². The Morgan fingerprint density at radius 2 is 0.870 bits per heavy atom. The van der Waals surface area contributed by atoms with Gasteiger partial charge in [0.2, 0.25) is 12.6 Å². The molecule has 7 nitrogen and oxygen atoms in total. The van der Waals surface area contributed by atoms with Gasteiger partial charge in [-0.2, -0.15) is 0 Å². The Labute approximate surface area is 313 Å². The van der Waals surface area contributed by atoms with E-state index in [1.165, 1.54) is 0 Å². The maximum absolute atomic E-state index is 11.9. The Hall–Kier alpha value is -6.38. The summed E-state index contributed by atoms with van der Waals surface area (Å²) in [5.41, 5.74) is 13.2. The summed E-state index contributed by atoms with van der Waals surface area (Å²) in [6.07, 6.45) is 1.62. The molecule has 0 saturated carbocycles. The predicted molar refractivity (Wildman–Crippen MR) is 217 cm³/mol. The summed E-state index contributed by atoms with van der Waals surface area (Å²) < 4.78 is 12.8. The van der Waals surface area contributed by atoms with Crippen molar-refractivity contribution in [2.75, 3.05) is 0 Å². The molecule has 4 aromatic carbocycles. The van der Waals surface area contributed by atoms with E-state index in [2.05, 4.69) is 76.7 Å². The zero-order chi connectivity index (χ0) is 36.6. The van der Waals surface area contributed by atoms with Crippen molar-refractivity contribution in [2.45, 2.75) is 32.5 Å². The van der Waals surface area contributed by atoms with Crippen LogP contribution in [0.2, 0.25) is 0 Å². The van der Waals surface area contributed by atoms with Crippen LogP contribution in [-0.2, 0) is 9.47 Å². The molecule has 2 aliphatic heterocycles. The SMILES string of the molecule is CC(C)O[C@H]1O[C@H](O)c2nc1c(-c1ccccc1)c1ccc([nH]1)c(-c1ccccc1)c1nc(c(-c3ccccc3)c3ccc([nH]3)c2-c2ccccc2)C=C1. The first-order valence-corrected chi connectivity index (χ1v) is 18.2. The van der Waals surface area contributed by atoms with Crippen LogP contribution in [0.3, 0.4) is 0 Å². The molecule has 2 aliphatic rings. The molecule has 0 unspecified atom stereocenters. The third-order valence-electron chi connectivity index (χ3n) is 9.71. The molecule has 7 aromatic rings. The van der Waals surface area contributed by atoms with Gasteiger partial charge in [0, 0.05) is 44.3 Å². The first-order chi connectivity index (χ1) is 26.5. The molecule has 2 atom stereocenters. The van der Waals surface area contributed by atoms with E-state index >= 15 is 0 Å². The second-order valence-electron chi connectivity index (χ2n) is 13.6. The van der Waals surface area contributed by atoms with Gasteiger partial charge in [-0.1, -0.05) is 121 Å². The summed E-state index contributed by atoms with van der Waals surface area (Å²) in [6, 6.07) is 49.0. The molecular formula is C47H38N4O3. The molecule has 9 rings (SSSR count). The number of fused-ring (bicyclic) bond motifs is 8. The fourth-order valence-electron chi connectivity index (χ4n) is 7.38. The smallest absolute Gasteiger partial charge is 0.205 e. The number of hydrogen-bond donors (Lipinski definition) is 3. The van der Waals surface area contributed by atoms with Gasteiger partial charge in [-0.25, -0.2) is 9.97 Å². The maximum atomic E-state index is 11.9. The van der Waals surface area contributed by atoms with Crippen LogP contribution in [0.5, 0.6) is 0 Å². The van der Waals surface area contributed by atoms with Gasteiger partial charge in [-0.05, 0) is 72.5 Å². The minimum absolute atomic E-state index is 0.214. The van der Waals surface area contributed by atoms with Gasteiger partial charge in [0.25, 0.3) is 0 Å². The van der Waals surface area contributed by atoms with E-state index in [1.54, 1.807) is 0 Å². The van der Waals surface area contributed by atoms with Gasteiger partial charge in [0.05, 0.1) is 17.5 Å². The lowest BCUT2D eigenvalue weighted by atomic mass is 10.0. The molecule has 5 heterocycles. The summed E-state index contributed by atoms with van der Waals surface area (Å²) in [7, 11) is 0. The number of ether oxygens (including phenoxy) is 2. The van der Waals surface area contributed by atoms with Crippen LogP contribution in [0.1, 0.15) is 49.2 Å². The molecule has 3 aromatic heterocycles. The van der Waals surface area contributed by atoms with E-state index < -0.39 is 12.6 Å². The highest BCUT2D eigenvalue weighted by Crippen LogP contribution is 2.42. The Balaban J connectivity index is 1.52. The van der Waals surface area contributed by atoms with Gasteiger partial charge < -0.3 is 24.5 Å². The third kappa shape index (κ3) is 6.24. The first kappa shape index (κ1) is 33.5. The van der Waals surface area contributed by atoms with Gasteiger partial charge in [0.15, 0.2) is 0 Å². The highest BCUT2D eigenvalue weighted by Gasteiger charge is 2.32. The summed E-state index contributed by atoms with van der Waals surface area (Å²) in [5.74, 6) is 0. The van der Waals surface area contributed by atoms with E-state index in [1.807, 2.05) is 105 Å². The molecule has 8 bridgehead atoms. The van der Waals surface area contributed by atoms with Crippen molar-refractivity contribution < 1.29 is 14.6 Å². The Morgan fingerprint density at radius 1 is 0.500 bits per heavy atom. The molecule has 0 aliphatic carbocycles. The summed E-state index contributed by atoms with van der Waals surface area (Å²) >= 11 is 0. The van der Waals surface area contributed by atoms with Crippen LogP contribution < -0.4 is 0 Å². The van der Waals surface area contributed by atoms with Crippen molar-refractivity contribution in [1.29, 1.82) is 0 Å². The number of aliphatic hydroxyl groups excluding tert-OH is 1. The van der Waals surface area contributed by atoms with Crippen LogP contribution in [0.25, 0.3) is 78.7 Å². The molecule has 0 radical (unpaired) electrons. The number of aliphatic hydroxyl groups is 1. The van der Waals surface area contributed by atoms with Gasteiger partial charge in [-0.15, -0.1) is 0 Å². The quantitative estimate of drug-likeness (QED) is 0.160. The molecule has 0 fully saturated rings. The number of hydrogen-bond acceptors (Lipinski definition) is 5. The average Bonchev–Trinajstić information content (AvgIpc) is 3.99. The third-order valence-corrected chi connectivity index (χ3v) is 9.71. The molecule has 0 spiro atoms. The van der Waals surface area contributed by atoms with Crippen LogP contribution in [0.15, 0.2) is 146 Å². The first-order valence-electron chi connectivity index (χ1n) is 18.2. The van der Waals surface area contributed by atoms with Crippen LogP contribution in [0.4, 0.5) is 0 Å². The maximum Gasteiger partial charge on any atom is 0.205 e. The number of nitrogens with zero attached hydrogens (tertiary/aromatic N) is 2. The van der Waals surface area contributed by atoms with Crippen molar-refractivity contribution in [3.8, 4) is 44.5 Å². The lowest BCUT2D eigenvalue weighted by molar-refractivity contribution is -0.257. The second-order valence-corrected chi connectivity index (χ2v) is 13.6. The van der Waals surface area contributed by atoms with E-state index in [0.29, 0.717) is 17.0 Å². The second kappa shape index (κ2) is 14.2. The molecule has 3 N–H and O–H groups in total. The number of rotatable bonds is 6. The molecule has 54 heavy (non-hydrogen) atoms. The monoisotopic (exact) mass is 706 g/mol. The number of aromatic nitrogens is 4. The fraction of sp³-hybridized carbons (Fsp3) is 0.106.